The highest BCUT2D eigenvalue weighted by Gasteiger charge is 2.52. The van der Waals surface area contributed by atoms with Crippen molar-refractivity contribution in [1.29, 1.82) is 0 Å². The van der Waals surface area contributed by atoms with E-state index in [1.54, 1.807) is 0 Å². The van der Waals surface area contributed by atoms with E-state index < -0.39 is 6.09 Å². The molecule has 3 rings (SSSR count). The molecule has 0 bridgehead atoms. The van der Waals surface area contributed by atoms with Crippen LogP contribution in [0.3, 0.4) is 0 Å². The molecule has 1 fully saturated rings. The zero-order valence-corrected chi connectivity index (χ0v) is 13.5. The lowest BCUT2D eigenvalue weighted by Crippen LogP contribution is -2.45. The van der Waals surface area contributed by atoms with Gasteiger partial charge in [-0.1, -0.05) is 18.5 Å². The van der Waals surface area contributed by atoms with E-state index in [0.29, 0.717) is 16.9 Å². The van der Waals surface area contributed by atoms with Crippen LogP contribution in [0.15, 0.2) is 12.1 Å². The second-order valence-corrected chi connectivity index (χ2v) is 6.48. The number of hydrogen-bond donors (Lipinski definition) is 1. The van der Waals surface area contributed by atoms with Crippen LogP contribution in [0, 0.1) is 0 Å². The molecule has 1 N–H and O–H groups in total. The molecule has 5 nitrogen and oxygen atoms in total. The summed E-state index contributed by atoms with van der Waals surface area (Å²) in [6.45, 7) is 3.35. The average molecular weight is 310 g/mol. The van der Waals surface area contributed by atoms with E-state index in [-0.39, 0.29) is 5.41 Å². The maximum absolute atomic E-state index is 11.4. The first-order chi connectivity index (χ1) is 9.88. The fraction of sp³-hybridized carbons (Fsp3) is 0.533. The summed E-state index contributed by atoms with van der Waals surface area (Å²) in [6.07, 6.45) is 0.900. The highest BCUT2D eigenvalue weighted by Crippen LogP contribution is 2.53. The molecule has 2 heterocycles. The Morgan fingerprint density at radius 2 is 2.19 bits per heavy atom. The van der Waals surface area contributed by atoms with E-state index in [1.807, 2.05) is 12.1 Å². The maximum atomic E-state index is 11.4. The van der Waals surface area contributed by atoms with Gasteiger partial charge in [0.15, 0.2) is 5.75 Å². The smallest absolute Gasteiger partial charge is 0.409 e. The summed E-state index contributed by atoms with van der Waals surface area (Å²) in [7, 11) is 5.74. The third kappa shape index (κ3) is 1.99. The van der Waals surface area contributed by atoms with Crippen LogP contribution in [0.4, 0.5) is 10.5 Å². The standard InChI is InChI=1S/C15H20ClN3O2/c1-15-5-6-18(3)13(15)19(4)11-8-12(21-14(20)17-2)10(16)7-9(11)15/h7-8,13H,5-6H2,1-4H3,(H,17,20). The molecule has 0 saturated carbocycles. The Morgan fingerprint density at radius 1 is 1.48 bits per heavy atom. The molecule has 0 spiro atoms. The number of likely N-dealkylation sites (tertiary alicyclic amines) is 1. The zero-order valence-electron chi connectivity index (χ0n) is 12.7. The number of fused-ring (bicyclic) bond motifs is 3. The van der Waals surface area contributed by atoms with Crippen molar-refractivity contribution in [1.82, 2.24) is 10.2 Å². The van der Waals surface area contributed by atoms with Gasteiger partial charge in [-0.05, 0) is 25.1 Å². The highest BCUT2D eigenvalue weighted by atomic mass is 35.5. The second-order valence-electron chi connectivity index (χ2n) is 6.07. The van der Waals surface area contributed by atoms with Crippen molar-refractivity contribution in [2.75, 3.05) is 32.6 Å². The lowest BCUT2D eigenvalue weighted by atomic mass is 9.81. The molecule has 2 aliphatic heterocycles. The monoisotopic (exact) mass is 309 g/mol. The number of amides is 1. The van der Waals surface area contributed by atoms with Crippen LogP contribution in [0.5, 0.6) is 5.75 Å². The molecule has 2 atom stereocenters. The predicted octanol–water partition coefficient (Wildman–Crippen LogP) is 2.43. The normalized spacial score (nSPS) is 27.5. The number of carbonyl (C=O) groups is 1. The Morgan fingerprint density at radius 3 is 2.86 bits per heavy atom. The Bertz CT molecular complexity index is 607. The lowest BCUT2D eigenvalue weighted by molar-refractivity contribution is 0.203. The third-order valence-corrected chi connectivity index (χ3v) is 5.09. The molecule has 2 aliphatic rings. The molecule has 0 aliphatic carbocycles. The molecule has 114 valence electrons. The molecular weight excluding hydrogens is 290 g/mol. The minimum absolute atomic E-state index is 0.0635. The lowest BCUT2D eigenvalue weighted by Gasteiger charge is -2.32. The quantitative estimate of drug-likeness (QED) is 0.865. The summed E-state index contributed by atoms with van der Waals surface area (Å²) in [6, 6.07) is 3.81. The first kappa shape index (κ1) is 14.5. The average Bonchev–Trinajstić information content (AvgIpc) is 2.86. The summed E-state index contributed by atoms with van der Waals surface area (Å²) in [5, 5.41) is 2.91. The summed E-state index contributed by atoms with van der Waals surface area (Å²) < 4.78 is 5.23. The van der Waals surface area contributed by atoms with Crippen molar-refractivity contribution in [3.63, 3.8) is 0 Å². The molecule has 1 amide bonds. The summed E-state index contributed by atoms with van der Waals surface area (Å²) in [5.41, 5.74) is 2.37. The molecular formula is C15H20ClN3O2. The molecule has 0 radical (unpaired) electrons. The van der Waals surface area contributed by atoms with Gasteiger partial charge in [0.25, 0.3) is 0 Å². The fourth-order valence-electron chi connectivity index (χ4n) is 3.80. The van der Waals surface area contributed by atoms with Gasteiger partial charge in [0.2, 0.25) is 0 Å². The highest BCUT2D eigenvalue weighted by molar-refractivity contribution is 6.32. The molecule has 1 aromatic carbocycles. The second kappa shape index (κ2) is 4.78. The zero-order chi connectivity index (χ0) is 15.4. The van der Waals surface area contributed by atoms with Gasteiger partial charge in [0, 0.05) is 37.8 Å². The number of ether oxygens (including phenoxy) is 1. The van der Waals surface area contributed by atoms with E-state index in [0.717, 1.165) is 18.7 Å². The van der Waals surface area contributed by atoms with E-state index in [1.165, 1.54) is 12.6 Å². The number of likely N-dealkylation sites (N-methyl/N-ethyl adjacent to an activating group) is 2. The number of nitrogens with zero attached hydrogens (tertiary/aromatic N) is 2. The van der Waals surface area contributed by atoms with Gasteiger partial charge in [-0.25, -0.2) is 4.79 Å². The van der Waals surface area contributed by atoms with Gasteiger partial charge in [-0.3, -0.25) is 4.90 Å². The van der Waals surface area contributed by atoms with Crippen LogP contribution < -0.4 is 15.0 Å². The van der Waals surface area contributed by atoms with Crippen LogP contribution in [0.25, 0.3) is 0 Å². The molecule has 0 aromatic heterocycles. The third-order valence-electron chi connectivity index (χ3n) is 4.79. The first-order valence-corrected chi connectivity index (χ1v) is 7.43. The van der Waals surface area contributed by atoms with Gasteiger partial charge >= 0.3 is 6.09 Å². The Kier molecular flexibility index (Phi) is 3.30. The molecule has 1 saturated heterocycles. The van der Waals surface area contributed by atoms with Crippen molar-refractivity contribution in [3.8, 4) is 5.75 Å². The number of hydrogen-bond acceptors (Lipinski definition) is 4. The van der Waals surface area contributed by atoms with E-state index in [4.69, 9.17) is 16.3 Å². The Balaban J connectivity index is 2.06. The molecule has 21 heavy (non-hydrogen) atoms. The van der Waals surface area contributed by atoms with Crippen molar-refractivity contribution in [2.24, 2.45) is 0 Å². The van der Waals surface area contributed by atoms with Gasteiger partial charge in [-0.15, -0.1) is 0 Å². The van der Waals surface area contributed by atoms with Crippen LogP contribution in [0.2, 0.25) is 5.02 Å². The largest absolute Gasteiger partial charge is 0.412 e. The topological polar surface area (TPSA) is 44.8 Å². The van der Waals surface area contributed by atoms with Crippen molar-refractivity contribution in [3.05, 3.63) is 22.7 Å². The predicted molar refractivity (Wildman–Crippen MR) is 83.3 cm³/mol. The van der Waals surface area contributed by atoms with Gasteiger partial charge in [0.1, 0.15) is 0 Å². The molecule has 2 unspecified atom stereocenters. The minimum atomic E-state index is -0.513. The minimum Gasteiger partial charge on any atom is -0.409 e. The number of anilines is 1. The molecule has 1 aromatic rings. The van der Waals surface area contributed by atoms with Gasteiger partial charge in [0.05, 0.1) is 11.2 Å². The van der Waals surface area contributed by atoms with Gasteiger partial charge < -0.3 is 15.0 Å². The summed E-state index contributed by atoms with van der Waals surface area (Å²) in [5.74, 6) is 0.396. The first-order valence-electron chi connectivity index (χ1n) is 7.05. The number of rotatable bonds is 1. The van der Waals surface area contributed by atoms with Gasteiger partial charge in [-0.2, -0.15) is 0 Å². The van der Waals surface area contributed by atoms with Crippen LogP contribution >= 0.6 is 11.6 Å². The van der Waals surface area contributed by atoms with E-state index >= 15 is 0 Å². The van der Waals surface area contributed by atoms with Crippen molar-refractivity contribution >= 4 is 23.4 Å². The Hall–Kier alpha value is -1.46. The molecule has 6 heteroatoms. The summed E-state index contributed by atoms with van der Waals surface area (Å²) in [4.78, 5) is 16.0. The fourth-order valence-corrected chi connectivity index (χ4v) is 4.00. The van der Waals surface area contributed by atoms with Crippen molar-refractivity contribution < 1.29 is 9.53 Å². The number of halogens is 1. The van der Waals surface area contributed by atoms with Crippen LogP contribution in [0.1, 0.15) is 18.9 Å². The van der Waals surface area contributed by atoms with E-state index in [9.17, 15) is 4.79 Å². The maximum Gasteiger partial charge on any atom is 0.412 e. The van der Waals surface area contributed by atoms with Crippen LogP contribution in [-0.2, 0) is 5.41 Å². The number of carbonyl (C=O) groups excluding carboxylic acids is 1. The number of benzene rings is 1. The van der Waals surface area contributed by atoms with Crippen LogP contribution in [-0.4, -0.2) is 44.8 Å². The Labute approximate surface area is 129 Å². The van der Waals surface area contributed by atoms with E-state index in [2.05, 4.69) is 36.1 Å². The number of nitrogens with one attached hydrogen (secondary N) is 1. The van der Waals surface area contributed by atoms with Crippen molar-refractivity contribution in [2.45, 2.75) is 24.9 Å². The SMILES string of the molecule is CNC(=O)Oc1cc2c(cc1Cl)C1(C)CCN(C)C1N2C. The summed E-state index contributed by atoms with van der Waals surface area (Å²) >= 11 is 6.31.